The molecule has 1 N–H and O–H groups in total. The average molecular weight is 404 g/mol. The third-order valence-electron chi connectivity index (χ3n) is 4.83. The van der Waals surface area contributed by atoms with Crippen LogP contribution in [0.5, 0.6) is 0 Å². The van der Waals surface area contributed by atoms with Crippen LogP contribution < -0.4 is 5.32 Å². The zero-order chi connectivity index (χ0) is 21.3. The number of aryl methyl sites for hydroxylation is 1. The van der Waals surface area contributed by atoms with E-state index in [2.05, 4.69) is 10.3 Å². The number of nitro groups is 1. The highest BCUT2D eigenvalue weighted by atomic mass is 16.6. The van der Waals surface area contributed by atoms with Crippen molar-refractivity contribution in [1.29, 1.82) is 0 Å². The molecule has 0 fully saturated rings. The quantitative estimate of drug-likeness (QED) is 0.424. The van der Waals surface area contributed by atoms with Crippen molar-refractivity contribution in [1.82, 2.24) is 9.88 Å². The second-order valence-corrected chi connectivity index (χ2v) is 6.99. The van der Waals surface area contributed by atoms with Crippen LogP contribution in [0.3, 0.4) is 0 Å². The molecule has 0 saturated heterocycles. The molecule has 0 atom stereocenters. The average Bonchev–Trinajstić information content (AvgIpc) is 2.75. The summed E-state index contributed by atoms with van der Waals surface area (Å²) in [6.45, 7) is 3.28. The maximum Gasteiger partial charge on any atom is 0.292 e. The van der Waals surface area contributed by atoms with Crippen molar-refractivity contribution in [2.24, 2.45) is 0 Å². The van der Waals surface area contributed by atoms with Gasteiger partial charge in [-0.15, -0.1) is 0 Å². The van der Waals surface area contributed by atoms with Gasteiger partial charge in [-0.25, -0.2) is 0 Å². The number of nitro benzene ring substituents is 1. The third-order valence-corrected chi connectivity index (χ3v) is 4.83. The number of para-hydroxylation sites is 2. The predicted octanol–water partition coefficient (Wildman–Crippen LogP) is 4.33. The zero-order valence-corrected chi connectivity index (χ0v) is 16.8. The Balaban J connectivity index is 1.69. The molecule has 30 heavy (non-hydrogen) atoms. The van der Waals surface area contributed by atoms with Crippen LogP contribution in [-0.2, 0) is 17.9 Å². The van der Waals surface area contributed by atoms with Crippen LogP contribution >= 0.6 is 0 Å². The van der Waals surface area contributed by atoms with Gasteiger partial charge < -0.3 is 10.2 Å². The molecule has 1 heterocycles. The SMILES string of the molecule is Cc1ccccc1CN(Cc1cccnc1)C(=O)CCNc1ccccc1[N+](=O)[O-]. The molecule has 1 amide bonds. The van der Waals surface area contributed by atoms with Gasteiger partial charge in [0.25, 0.3) is 5.69 Å². The van der Waals surface area contributed by atoms with E-state index >= 15 is 0 Å². The molecule has 1 aromatic heterocycles. The smallest absolute Gasteiger partial charge is 0.292 e. The van der Waals surface area contributed by atoms with Gasteiger partial charge in [-0.1, -0.05) is 42.5 Å². The molecular weight excluding hydrogens is 380 g/mol. The predicted molar refractivity (Wildman–Crippen MR) is 116 cm³/mol. The summed E-state index contributed by atoms with van der Waals surface area (Å²) in [6.07, 6.45) is 3.68. The molecule has 3 rings (SSSR count). The molecule has 0 bridgehead atoms. The van der Waals surface area contributed by atoms with Gasteiger partial charge >= 0.3 is 0 Å². The van der Waals surface area contributed by atoms with E-state index in [1.165, 1.54) is 6.07 Å². The number of hydrogen-bond acceptors (Lipinski definition) is 5. The Labute approximate surface area is 175 Å². The van der Waals surface area contributed by atoms with Gasteiger partial charge in [0.1, 0.15) is 5.69 Å². The summed E-state index contributed by atoms with van der Waals surface area (Å²) < 4.78 is 0. The Hall–Kier alpha value is -3.74. The molecule has 154 valence electrons. The lowest BCUT2D eigenvalue weighted by Gasteiger charge is -2.24. The number of nitrogens with zero attached hydrogens (tertiary/aromatic N) is 3. The van der Waals surface area contributed by atoms with Crippen LogP contribution in [0.15, 0.2) is 73.1 Å². The molecule has 7 heteroatoms. The molecule has 3 aromatic rings. The van der Waals surface area contributed by atoms with E-state index in [1.807, 2.05) is 43.3 Å². The van der Waals surface area contributed by atoms with Crippen molar-refractivity contribution in [2.45, 2.75) is 26.4 Å². The van der Waals surface area contributed by atoms with Crippen LogP contribution in [0.4, 0.5) is 11.4 Å². The van der Waals surface area contributed by atoms with Gasteiger partial charge in [0.15, 0.2) is 0 Å². The van der Waals surface area contributed by atoms with Gasteiger partial charge in [-0.2, -0.15) is 0 Å². The topological polar surface area (TPSA) is 88.4 Å². The highest BCUT2D eigenvalue weighted by Gasteiger charge is 2.17. The Morgan fingerprint density at radius 3 is 2.57 bits per heavy atom. The lowest BCUT2D eigenvalue weighted by Crippen LogP contribution is -2.31. The fraction of sp³-hybridized carbons (Fsp3) is 0.217. The molecule has 0 aliphatic heterocycles. The Morgan fingerprint density at radius 1 is 1.07 bits per heavy atom. The Morgan fingerprint density at radius 2 is 1.83 bits per heavy atom. The van der Waals surface area contributed by atoms with Gasteiger partial charge in [0.05, 0.1) is 4.92 Å². The summed E-state index contributed by atoms with van der Waals surface area (Å²) in [5.74, 6) is -0.0341. The van der Waals surface area contributed by atoms with Gasteiger partial charge in [0.2, 0.25) is 5.91 Å². The van der Waals surface area contributed by atoms with Gasteiger partial charge in [0, 0.05) is 44.5 Å². The molecule has 0 unspecified atom stereocenters. The van der Waals surface area contributed by atoms with Crippen LogP contribution in [0, 0.1) is 17.0 Å². The van der Waals surface area contributed by atoms with Gasteiger partial charge in [-0.05, 0) is 35.7 Å². The number of carbonyl (C=O) groups excluding carboxylic acids is 1. The summed E-state index contributed by atoms with van der Waals surface area (Å²) in [5.41, 5.74) is 3.57. The fourth-order valence-corrected chi connectivity index (χ4v) is 3.18. The highest BCUT2D eigenvalue weighted by molar-refractivity contribution is 5.77. The second kappa shape index (κ2) is 10.2. The number of benzene rings is 2. The van der Waals surface area contributed by atoms with Crippen molar-refractivity contribution >= 4 is 17.3 Å². The third kappa shape index (κ3) is 5.64. The van der Waals surface area contributed by atoms with E-state index in [-0.39, 0.29) is 18.0 Å². The first kappa shape index (κ1) is 21.0. The van der Waals surface area contributed by atoms with E-state index < -0.39 is 4.92 Å². The Kier molecular flexibility index (Phi) is 7.10. The van der Waals surface area contributed by atoms with Crippen molar-refractivity contribution in [3.63, 3.8) is 0 Å². The summed E-state index contributed by atoms with van der Waals surface area (Å²) >= 11 is 0. The number of nitrogens with one attached hydrogen (secondary N) is 1. The van der Waals surface area contributed by atoms with Crippen molar-refractivity contribution in [3.8, 4) is 0 Å². The van der Waals surface area contributed by atoms with E-state index in [9.17, 15) is 14.9 Å². The standard InChI is InChI=1S/C23H24N4O3/c1-18-7-2-3-9-20(18)17-26(16-19-8-6-13-24-15-19)23(28)12-14-25-21-10-4-5-11-22(21)27(29)30/h2-11,13,15,25H,12,14,16-17H2,1H3. The first-order valence-corrected chi connectivity index (χ1v) is 9.73. The molecule has 0 aliphatic rings. The minimum absolute atomic E-state index is 0.00271. The number of aromatic nitrogens is 1. The summed E-state index contributed by atoms with van der Waals surface area (Å²) in [5, 5.41) is 14.2. The highest BCUT2D eigenvalue weighted by Crippen LogP contribution is 2.23. The maximum atomic E-state index is 13.0. The van der Waals surface area contributed by atoms with E-state index in [0.717, 1.165) is 16.7 Å². The van der Waals surface area contributed by atoms with Gasteiger partial charge in [-0.3, -0.25) is 19.9 Å². The molecule has 7 nitrogen and oxygen atoms in total. The monoisotopic (exact) mass is 404 g/mol. The number of carbonyl (C=O) groups is 1. The number of amides is 1. The van der Waals surface area contributed by atoms with E-state index in [4.69, 9.17) is 0 Å². The Bertz CT molecular complexity index is 1010. The van der Waals surface area contributed by atoms with Crippen molar-refractivity contribution in [3.05, 3.63) is 99.9 Å². The maximum absolute atomic E-state index is 13.0. The van der Waals surface area contributed by atoms with E-state index in [1.54, 1.807) is 35.5 Å². The largest absolute Gasteiger partial charge is 0.379 e. The minimum Gasteiger partial charge on any atom is -0.379 e. The zero-order valence-electron chi connectivity index (χ0n) is 16.8. The molecule has 0 saturated carbocycles. The summed E-state index contributed by atoms with van der Waals surface area (Å²) in [4.78, 5) is 29.6. The number of anilines is 1. The fourth-order valence-electron chi connectivity index (χ4n) is 3.18. The van der Waals surface area contributed by atoms with Crippen molar-refractivity contribution in [2.75, 3.05) is 11.9 Å². The van der Waals surface area contributed by atoms with Crippen LogP contribution in [-0.4, -0.2) is 27.3 Å². The first-order chi connectivity index (χ1) is 14.5. The number of pyridine rings is 1. The summed E-state index contributed by atoms with van der Waals surface area (Å²) in [6, 6.07) is 18.2. The molecule has 0 radical (unpaired) electrons. The lowest BCUT2D eigenvalue weighted by molar-refractivity contribution is -0.384. The van der Waals surface area contributed by atoms with E-state index in [0.29, 0.717) is 25.3 Å². The molecule has 2 aromatic carbocycles. The van der Waals surface area contributed by atoms with Crippen molar-refractivity contribution < 1.29 is 9.72 Å². The number of rotatable bonds is 9. The number of hydrogen-bond donors (Lipinski definition) is 1. The lowest BCUT2D eigenvalue weighted by atomic mass is 10.1. The van der Waals surface area contributed by atoms with Crippen LogP contribution in [0.1, 0.15) is 23.1 Å². The van der Waals surface area contributed by atoms with Crippen LogP contribution in [0.25, 0.3) is 0 Å². The second-order valence-electron chi connectivity index (χ2n) is 6.99. The summed E-state index contributed by atoms with van der Waals surface area (Å²) in [7, 11) is 0. The minimum atomic E-state index is -0.433. The molecule has 0 aliphatic carbocycles. The molecular formula is C23H24N4O3. The van der Waals surface area contributed by atoms with Crippen LogP contribution in [0.2, 0.25) is 0 Å². The molecule has 0 spiro atoms. The normalized spacial score (nSPS) is 10.4. The first-order valence-electron chi connectivity index (χ1n) is 9.73.